The zero-order chi connectivity index (χ0) is 16.6. The first-order valence-electron chi connectivity index (χ1n) is 7.05. The Labute approximate surface area is 144 Å². The number of morpholine rings is 1. The summed E-state index contributed by atoms with van der Waals surface area (Å²) in [6.07, 6.45) is -0.451. The SMILES string of the molecule is O=C(COc1cc(Cl)ccc1Cl)N1CCOC2CS(=O)(=O)CC21. The number of hydrogen-bond acceptors (Lipinski definition) is 5. The van der Waals surface area contributed by atoms with Gasteiger partial charge in [0.2, 0.25) is 0 Å². The molecule has 0 N–H and O–H groups in total. The molecule has 2 atom stereocenters. The van der Waals surface area contributed by atoms with Crippen molar-refractivity contribution in [3.63, 3.8) is 0 Å². The summed E-state index contributed by atoms with van der Waals surface area (Å²) in [5, 5.41) is 0.802. The van der Waals surface area contributed by atoms with Gasteiger partial charge in [-0.2, -0.15) is 0 Å². The fourth-order valence-electron chi connectivity index (χ4n) is 2.83. The molecule has 126 valence electrons. The van der Waals surface area contributed by atoms with Crippen LogP contribution < -0.4 is 4.74 Å². The minimum Gasteiger partial charge on any atom is -0.482 e. The van der Waals surface area contributed by atoms with E-state index in [0.29, 0.717) is 28.9 Å². The van der Waals surface area contributed by atoms with E-state index in [2.05, 4.69) is 0 Å². The Morgan fingerprint density at radius 2 is 2.13 bits per heavy atom. The summed E-state index contributed by atoms with van der Waals surface area (Å²) in [5.74, 6) is -0.0863. The second-order valence-corrected chi connectivity index (χ2v) is 8.50. The third kappa shape index (κ3) is 3.74. The summed E-state index contributed by atoms with van der Waals surface area (Å²) in [4.78, 5) is 13.9. The number of rotatable bonds is 3. The minimum atomic E-state index is -3.17. The molecular formula is C14H15Cl2NO5S. The van der Waals surface area contributed by atoms with Crippen molar-refractivity contribution in [2.24, 2.45) is 0 Å². The van der Waals surface area contributed by atoms with Gasteiger partial charge in [-0.05, 0) is 12.1 Å². The van der Waals surface area contributed by atoms with E-state index >= 15 is 0 Å². The summed E-state index contributed by atoms with van der Waals surface area (Å²) in [5.41, 5.74) is 0. The molecule has 0 aliphatic carbocycles. The molecular weight excluding hydrogens is 365 g/mol. The quantitative estimate of drug-likeness (QED) is 0.793. The molecule has 0 radical (unpaired) electrons. The smallest absolute Gasteiger partial charge is 0.260 e. The van der Waals surface area contributed by atoms with E-state index < -0.39 is 22.0 Å². The van der Waals surface area contributed by atoms with Crippen molar-refractivity contribution in [1.29, 1.82) is 0 Å². The summed E-state index contributed by atoms with van der Waals surface area (Å²) >= 11 is 11.9. The number of nitrogens with zero attached hydrogens (tertiary/aromatic N) is 1. The van der Waals surface area contributed by atoms with Gasteiger partial charge < -0.3 is 14.4 Å². The number of benzene rings is 1. The van der Waals surface area contributed by atoms with Gasteiger partial charge in [0.1, 0.15) is 5.75 Å². The molecule has 1 aromatic carbocycles. The molecule has 0 aromatic heterocycles. The van der Waals surface area contributed by atoms with E-state index in [1.54, 1.807) is 12.1 Å². The Morgan fingerprint density at radius 1 is 1.35 bits per heavy atom. The number of halogens is 2. The number of carbonyl (C=O) groups excluding carboxylic acids is 1. The van der Waals surface area contributed by atoms with Gasteiger partial charge >= 0.3 is 0 Å². The number of fused-ring (bicyclic) bond motifs is 1. The summed E-state index contributed by atoms with van der Waals surface area (Å²) < 4.78 is 34.4. The summed E-state index contributed by atoms with van der Waals surface area (Å²) in [7, 11) is -3.17. The lowest BCUT2D eigenvalue weighted by Crippen LogP contribution is -2.54. The van der Waals surface area contributed by atoms with Crippen molar-refractivity contribution < 1.29 is 22.7 Å². The first-order valence-corrected chi connectivity index (χ1v) is 9.63. The Kier molecular flexibility index (Phi) is 4.73. The van der Waals surface area contributed by atoms with Gasteiger partial charge in [0.15, 0.2) is 16.4 Å². The van der Waals surface area contributed by atoms with E-state index in [1.807, 2.05) is 0 Å². The Bertz CT molecular complexity index is 724. The maximum atomic E-state index is 12.4. The standard InChI is InChI=1S/C14H15Cl2NO5S/c15-9-1-2-10(16)12(5-9)22-6-14(18)17-3-4-21-13-8-23(19,20)7-11(13)17/h1-2,5,11,13H,3-4,6-8H2. The highest BCUT2D eigenvalue weighted by atomic mass is 35.5. The van der Waals surface area contributed by atoms with Gasteiger partial charge in [-0.3, -0.25) is 4.79 Å². The van der Waals surface area contributed by atoms with Crippen LogP contribution in [0.4, 0.5) is 0 Å². The molecule has 0 bridgehead atoms. The Hall–Kier alpha value is -1.02. The van der Waals surface area contributed by atoms with Crippen LogP contribution in [0.15, 0.2) is 18.2 Å². The van der Waals surface area contributed by atoms with Gasteiger partial charge in [0.25, 0.3) is 5.91 Å². The second-order valence-electron chi connectivity index (χ2n) is 5.50. The Balaban J connectivity index is 1.67. The van der Waals surface area contributed by atoms with Gasteiger partial charge in [-0.1, -0.05) is 23.2 Å². The lowest BCUT2D eigenvalue weighted by Gasteiger charge is -2.36. The normalized spacial score (nSPS) is 25.9. The largest absolute Gasteiger partial charge is 0.482 e. The van der Waals surface area contributed by atoms with Crippen molar-refractivity contribution in [2.45, 2.75) is 12.1 Å². The minimum absolute atomic E-state index is 0.0393. The van der Waals surface area contributed by atoms with Crippen LogP contribution in [0.2, 0.25) is 10.0 Å². The van der Waals surface area contributed by atoms with Gasteiger partial charge in [-0.25, -0.2) is 8.42 Å². The Morgan fingerprint density at radius 3 is 2.91 bits per heavy atom. The number of carbonyl (C=O) groups is 1. The fourth-order valence-corrected chi connectivity index (χ4v) is 5.04. The molecule has 2 aliphatic rings. The van der Waals surface area contributed by atoms with Crippen molar-refractivity contribution >= 4 is 38.9 Å². The molecule has 0 saturated carbocycles. The van der Waals surface area contributed by atoms with E-state index in [0.717, 1.165) is 0 Å². The van der Waals surface area contributed by atoms with Crippen molar-refractivity contribution in [1.82, 2.24) is 4.90 Å². The predicted octanol–water partition coefficient (Wildman–Crippen LogP) is 1.40. The van der Waals surface area contributed by atoms with Gasteiger partial charge in [0.05, 0.1) is 35.3 Å². The van der Waals surface area contributed by atoms with Crippen molar-refractivity contribution in [3.8, 4) is 5.75 Å². The number of hydrogen-bond donors (Lipinski definition) is 0. The van der Waals surface area contributed by atoms with Crippen molar-refractivity contribution in [3.05, 3.63) is 28.2 Å². The monoisotopic (exact) mass is 379 g/mol. The van der Waals surface area contributed by atoms with Crippen LogP contribution in [0.25, 0.3) is 0 Å². The molecule has 2 fully saturated rings. The predicted molar refractivity (Wildman–Crippen MR) is 85.9 cm³/mol. The maximum Gasteiger partial charge on any atom is 0.260 e. The summed E-state index contributed by atoms with van der Waals surface area (Å²) in [6, 6.07) is 4.28. The fraction of sp³-hybridized carbons (Fsp3) is 0.500. The average molecular weight is 380 g/mol. The number of ether oxygens (including phenoxy) is 2. The lowest BCUT2D eigenvalue weighted by atomic mass is 10.1. The van der Waals surface area contributed by atoms with Crippen LogP contribution >= 0.6 is 23.2 Å². The molecule has 6 nitrogen and oxygen atoms in total. The maximum absolute atomic E-state index is 12.4. The highest BCUT2D eigenvalue weighted by molar-refractivity contribution is 7.91. The molecule has 2 saturated heterocycles. The van der Waals surface area contributed by atoms with E-state index in [-0.39, 0.29) is 24.0 Å². The molecule has 1 aromatic rings. The van der Waals surface area contributed by atoms with Crippen LogP contribution in [0, 0.1) is 0 Å². The zero-order valence-electron chi connectivity index (χ0n) is 12.1. The molecule has 2 unspecified atom stereocenters. The number of sulfone groups is 1. The van der Waals surface area contributed by atoms with Gasteiger partial charge in [-0.15, -0.1) is 0 Å². The van der Waals surface area contributed by atoms with Crippen molar-refractivity contribution in [2.75, 3.05) is 31.3 Å². The molecule has 23 heavy (non-hydrogen) atoms. The third-order valence-corrected chi connectivity index (χ3v) is 6.13. The molecule has 2 heterocycles. The van der Waals surface area contributed by atoms with Crippen LogP contribution in [0.5, 0.6) is 5.75 Å². The molecule has 3 rings (SSSR count). The zero-order valence-corrected chi connectivity index (χ0v) is 14.4. The van der Waals surface area contributed by atoms with Gasteiger partial charge in [0, 0.05) is 17.6 Å². The second kappa shape index (κ2) is 6.47. The van der Waals surface area contributed by atoms with E-state index in [4.69, 9.17) is 32.7 Å². The topological polar surface area (TPSA) is 72.9 Å². The number of amides is 1. The third-order valence-electron chi connectivity index (χ3n) is 3.90. The molecule has 2 aliphatic heterocycles. The highest BCUT2D eigenvalue weighted by Crippen LogP contribution is 2.28. The van der Waals surface area contributed by atoms with Crippen LogP contribution in [0.1, 0.15) is 0 Å². The van der Waals surface area contributed by atoms with E-state index in [1.165, 1.54) is 11.0 Å². The van der Waals surface area contributed by atoms with E-state index in [9.17, 15) is 13.2 Å². The lowest BCUT2D eigenvalue weighted by molar-refractivity contribution is -0.144. The average Bonchev–Trinajstić information content (AvgIpc) is 2.81. The molecule has 9 heteroatoms. The summed E-state index contributed by atoms with van der Waals surface area (Å²) in [6.45, 7) is 0.436. The molecule has 0 spiro atoms. The molecule has 1 amide bonds. The van der Waals surface area contributed by atoms with Crippen LogP contribution in [-0.2, 0) is 19.4 Å². The first kappa shape index (κ1) is 16.8. The first-order chi connectivity index (χ1) is 10.9. The highest BCUT2D eigenvalue weighted by Gasteiger charge is 2.45. The van der Waals surface area contributed by atoms with Crippen LogP contribution in [-0.4, -0.2) is 62.6 Å². The van der Waals surface area contributed by atoms with Crippen LogP contribution in [0.3, 0.4) is 0 Å².